The van der Waals surface area contributed by atoms with Crippen LogP contribution in [0.5, 0.6) is 0 Å². The molecule has 2 rings (SSSR count). The molecule has 0 radical (unpaired) electrons. The average Bonchev–Trinajstić information content (AvgIpc) is 2.78. The maximum absolute atomic E-state index is 11.9. The number of aliphatic hydroxyl groups excluding tert-OH is 1. The zero-order valence-electron chi connectivity index (χ0n) is 11.3. The molecule has 1 aromatic heterocycles. The van der Waals surface area contributed by atoms with Gasteiger partial charge in [-0.15, -0.1) is 0 Å². The van der Waals surface area contributed by atoms with Crippen LogP contribution in [0.2, 0.25) is 0 Å². The normalized spacial score (nSPS) is 12.6. The van der Waals surface area contributed by atoms with Gasteiger partial charge in [0, 0.05) is 26.6 Å². The van der Waals surface area contributed by atoms with Gasteiger partial charge in [0.2, 0.25) is 5.91 Å². The minimum atomic E-state index is -0.497. The molecule has 0 spiro atoms. The molecule has 2 aromatic rings. The monoisotopic (exact) mass is 261 g/mol. The lowest BCUT2D eigenvalue weighted by atomic mass is 10.3. The van der Waals surface area contributed by atoms with Gasteiger partial charge in [0.25, 0.3) is 0 Å². The van der Waals surface area contributed by atoms with Gasteiger partial charge < -0.3 is 14.6 Å². The van der Waals surface area contributed by atoms with Crippen LogP contribution in [-0.4, -0.2) is 45.2 Å². The van der Waals surface area contributed by atoms with Crippen molar-refractivity contribution < 1.29 is 9.90 Å². The topological polar surface area (TPSA) is 58.4 Å². The van der Waals surface area contributed by atoms with Gasteiger partial charge in [0.05, 0.1) is 23.5 Å². The summed E-state index contributed by atoms with van der Waals surface area (Å²) in [6.45, 7) is 2.64. The first-order chi connectivity index (χ1) is 9.08. The molecule has 0 bridgehead atoms. The van der Waals surface area contributed by atoms with Gasteiger partial charge in [0.1, 0.15) is 0 Å². The average molecular weight is 261 g/mol. The van der Waals surface area contributed by atoms with Crippen LogP contribution in [0.4, 0.5) is 0 Å². The number of para-hydroxylation sites is 2. The highest BCUT2D eigenvalue weighted by Crippen LogP contribution is 2.12. The van der Waals surface area contributed by atoms with Crippen LogP contribution in [0, 0.1) is 0 Å². The highest BCUT2D eigenvalue weighted by Gasteiger charge is 2.11. The number of amides is 1. The summed E-state index contributed by atoms with van der Waals surface area (Å²) < 4.78 is 1.98. The second-order valence-electron chi connectivity index (χ2n) is 4.80. The summed E-state index contributed by atoms with van der Waals surface area (Å²) in [7, 11) is 1.71. The number of hydrogen-bond acceptors (Lipinski definition) is 3. The molecular weight excluding hydrogens is 242 g/mol. The second kappa shape index (κ2) is 5.84. The van der Waals surface area contributed by atoms with Gasteiger partial charge in [-0.3, -0.25) is 4.79 Å². The Morgan fingerprint density at radius 1 is 1.47 bits per heavy atom. The molecule has 0 aliphatic rings. The van der Waals surface area contributed by atoms with Gasteiger partial charge in [-0.25, -0.2) is 4.98 Å². The van der Waals surface area contributed by atoms with E-state index in [1.165, 1.54) is 0 Å². The maximum atomic E-state index is 11.9. The van der Waals surface area contributed by atoms with E-state index in [-0.39, 0.29) is 5.91 Å². The van der Waals surface area contributed by atoms with Gasteiger partial charge in [-0.05, 0) is 19.1 Å². The van der Waals surface area contributed by atoms with Crippen molar-refractivity contribution in [1.29, 1.82) is 0 Å². The van der Waals surface area contributed by atoms with E-state index in [2.05, 4.69) is 4.98 Å². The van der Waals surface area contributed by atoms with Crippen molar-refractivity contribution in [2.75, 3.05) is 13.6 Å². The highest BCUT2D eigenvalue weighted by molar-refractivity contribution is 5.77. The molecule has 1 atom stereocenters. The molecule has 19 heavy (non-hydrogen) atoms. The summed E-state index contributed by atoms with van der Waals surface area (Å²) in [6.07, 6.45) is 1.67. The van der Waals surface area contributed by atoms with Gasteiger partial charge in [0.15, 0.2) is 0 Å². The first-order valence-corrected chi connectivity index (χ1v) is 6.40. The van der Waals surface area contributed by atoms with E-state index in [4.69, 9.17) is 0 Å². The highest BCUT2D eigenvalue weighted by atomic mass is 16.3. The quantitative estimate of drug-likeness (QED) is 0.881. The zero-order chi connectivity index (χ0) is 13.8. The lowest BCUT2D eigenvalue weighted by Crippen LogP contribution is -2.33. The van der Waals surface area contributed by atoms with Crippen molar-refractivity contribution in [2.45, 2.75) is 26.0 Å². The number of aliphatic hydroxyl groups is 1. The van der Waals surface area contributed by atoms with E-state index in [1.807, 2.05) is 28.8 Å². The molecule has 0 saturated heterocycles. The lowest BCUT2D eigenvalue weighted by molar-refractivity contribution is -0.131. The van der Waals surface area contributed by atoms with Crippen LogP contribution in [-0.2, 0) is 11.3 Å². The number of benzene rings is 1. The molecule has 1 aromatic carbocycles. The van der Waals surface area contributed by atoms with Crippen LogP contribution in [0.3, 0.4) is 0 Å². The number of fused-ring (bicyclic) bond motifs is 1. The van der Waals surface area contributed by atoms with Crippen LogP contribution in [0.1, 0.15) is 13.3 Å². The van der Waals surface area contributed by atoms with E-state index >= 15 is 0 Å². The summed E-state index contributed by atoms with van der Waals surface area (Å²) in [4.78, 5) is 17.7. The Labute approximate surface area is 112 Å². The van der Waals surface area contributed by atoms with E-state index < -0.39 is 6.10 Å². The predicted molar refractivity (Wildman–Crippen MR) is 73.7 cm³/mol. The summed E-state index contributed by atoms with van der Waals surface area (Å²) in [5.41, 5.74) is 1.97. The smallest absolute Gasteiger partial charge is 0.224 e. The molecule has 102 valence electrons. The molecule has 5 heteroatoms. The molecule has 1 N–H and O–H groups in total. The fourth-order valence-electron chi connectivity index (χ4n) is 2.09. The third kappa shape index (κ3) is 3.32. The van der Waals surface area contributed by atoms with Crippen molar-refractivity contribution in [2.24, 2.45) is 0 Å². The summed E-state index contributed by atoms with van der Waals surface area (Å²) >= 11 is 0. The number of hydrogen-bond donors (Lipinski definition) is 1. The standard InChI is InChI=1S/C14H19N3O2/c1-11(18)9-16(2)14(19)7-8-17-10-15-12-5-3-4-6-13(12)17/h3-6,10-11,18H,7-9H2,1-2H3. The van der Waals surface area contributed by atoms with Crippen LogP contribution >= 0.6 is 0 Å². The number of rotatable bonds is 5. The number of nitrogens with zero attached hydrogens (tertiary/aromatic N) is 3. The molecule has 0 aliphatic carbocycles. The molecule has 1 heterocycles. The Bertz CT molecular complexity index is 563. The molecule has 1 amide bonds. The molecule has 1 unspecified atom stereocenters. The largest absolute Gasteiger partial charge is 0.392 e. The number of carbonyl (C=O) groups is 1. The minimum Gasteiger partial charge on any atom is -0.392 e. The number of aryl methyl sites for hydroxylation is 1. The maximum Gasteiger partial charge on any atom is 0.224 e. The fraction of sp³-hybridized carbons (Fsp3) is 0.429. The van der Waals surface area contributed by atoms with Gasteiger partial charge in [-0.2, -0.15) is 0 Å². The van der Waals surface area contributed by atoms with Gasteiger partial charge >= 0.3 is 0 Å². The predicted octanol–water partition coefficient (Wildman–Crippen LogP) is 1.27. The Hall–Kier alpha value is -1.88. The second-order valence-corrected chi connectivity index (χ2v) is 4.80. The first kappa shape index (κ1) is 13.5. The molecule has 0 fully saturated rings. The number of aromatic nitrogens is 2. The Kier molecular flexibility index (Phi) is 4.16. The van der Waals surface area contributed by atoms with E-state index in [9.17, 15) is 9.90 Å². The molecule has 0 saturated carbocycles. The van der Waals surface area contributed by atoms with Crippen LogP contribution in [0.15, 0.2) is 30.6 Å². The van der Waals surface area contributed by atoms with Crippen LogP contribution in [0.25, 0.3) is 11.0 Å². The van der Waals surface area contributed by atoms with Crippen molar-refractivity contribution in [3.05, 3.63) is 30.6 Å². The first-order valence-electron chi connectivity index (χ1n) is 6.40. The number of carbonyl (C=O) groups excluding carboxylic acids is 1. The van der Waals surface area contributed by atoms with E-state index in [1.54, 1.807) is 25.2 Å². The van der Waals surface area contributed by atoms with Crippen molar-refractivity contribution in [3.8, 4) is 0 Å². The van der Waals surface area contributed by atoms with Crippen LogP contribution < -0.4 is 0 Å². The lowest BCUT2D eigenvalue weighted by Gasteiger charge is -2.18. The van der Waals surface area contributed by atoms with Crippen molar-refractivity contribution >= 4 is 16.9 Å². The van der Waals surface area contributed by atoms with Gasteiger partial charge in [-0.1, -0.05) is 12.1 Å². The summed E-state index contributed by atoms with van der Waals surface area (Å²) in [6, 6.07) is 7.85. The molecule has 5 nitrogen and oxygen atoms in total. The molecular formula is C14H19N3O2. The number of imidazole rings is 1. The van der Waals surface area contributed by atoms with E-state index in [0.717, 1.165) is 11.0 Å². The third-order valence-corrected chi connectivity index (χ3v) is 3.06. The number of likely N-dealkylation sites (N-methyl/N-ethyl adjacent to an activating group) is 1. The SMILES string of the molecule is CC(O)CN(C)C(=O)CCn1cnc2ccccc21. The van der Waals surface area contributed by atoms with Crippen molar-refractivity contribution in [3.63, 3.8) is 0 Å². The summed E-state index contributed by atoms with van der Waals surface area (Å²) in [5.74, 6) is 0.0266. The minimum absolute atomic E-state index is 0.0266. The Morgan fingerprint density at radius 2 is 2.21 bits per heavy atom. The van der Waals surface area contributed by atoms with E-state index in [0.29, 0.717) is 19.5 Å². The third-order valence-electron chi connectivity index (χ3n) is 3.06. The fourth-order valence-corrected chi connectivity index (χ4v) is 2.09. The molecule has 0 aliphatic heterocycles. The Balaban J connectivity index is 1.97. The zero-order valence-corrected chi connectivity index (χ0v) is 11.3. The van der Waals surface area contributed by atoms with Crippen molar-refractivity contribution in [1.82, 2.24) is 14.5 Å². The summed E-state index contributed by atoms with van der Waals surface area (Å²) in [5, 5.41) is 9.26. The Morgan fingerprint density at radius 3 is 2.95 bits per heavy atom.